The van der Waals surface area contributed by atoms with Gasteiger partial charge in [-0.2, -0.15) is 21.8 Å². The summed E-state index contributed by atoms with van der Waals surface area (Å²) < 4.78 is 89.8. The average Bonchev–Trinajstić information content (AvgIpc) is 2.78. The number of phosphoric acid groups is 3. The minimum atomic E-state index is -5.97. The summed E-state index contributed by atoms with van der Waals surface area (Å²) >= 11 is 4.71. The molecule has 6 atom stereocenters. The Labute approximate surface area is 173 Å². The van der Waals surface area contributed by atoms with E-state index in [1.807, 2.05) is 4.98 Å². The number of nitrogens with zero attached hydrogens (tertiary/aromatic N) is 1. The molecule has 0 saturated carbocycles. The lowest BCUT2D eigenvalue weighted by atomic mass is 10.0. The zero-order valence-electron chi connectivity index (χ0n) is 14.3. The predicted molar refractivity (Wildman–Crippen MR) is 90.3 cm³/mol. The summed E-state index contributed by atoms with van der Waals surface area (Å²) in [6, 6.07) is 0.759. The minimum Gasteiger partial charge on any atom is -0.387 e. The molecule has 0 radical (unpaired) electrons. The van der Waals surface area contributed by atoms with Crippen LogP contribution in [0.4, 0.5) is 13.2 Å². The Morgan fingerprint density at radius 1 is 1.13 bits per heavy atom. The third-order valence-electron chi connectivity index (χ3n) is 3.38. The van der Waals surface area contributed by atoms with Crippen molar-refractivity contribution in [3.8, 4) is 0 Å². The van der Waals surface area contributed by atoms with E-state index in [1.54, 1.807) is 0 Å². The number of ether oxygens (including phenoxy) is 1. The van der Waals surface area contributed by atoms with Gasteiger partial charge in [-0.3, -0.25) is 18.9 Å². The lowest BCUT2D eigenvalue weighted by molar-refractivity contribution is -0.211. The number of aromatic nitrogens is 2. The van der Waals surface area contributed by atoms with Gasteiger partial charge in [0.25, 0.3) is 5.56 Å². The van der Waals surface area contributed by atoms with Gasteiger partial charge in [0, 0.05) is 12.3 Å². The number of halogens is 3. The molecule has 0 spiro atoms. The molecule has 2 heterocycles. The minimum absolute atomic E-state index is 0.540. The van der Waals surface area contributed by atoms with Crippen LogP contribution in [0.2, 0.25) is 0 Å². The first kappa shape index (κ1) is 26.5. The van der Waals surface area contributed by atoms with Crippen molar-refractivity contribution in [1.82, 2.24) is 9.55 Å². The van der Waals surface area contributed by atoms with Crippen molar-refractivity contribution in [3.63, 3.8) is 0 Å². The summed E-state index contributed by atoms with van der Waals surface area (Å²) in [5.41, 5.74) is -0.784. The first-order chi connectivity index (χ1) is 13.8. The second-order valence-corrected chi connectivity index (χ2v) is 10.4. The molecule has 3 unspecified atom stereocenters. The van der Waals surface area contributed by atoms with Crippen LogP contribution in [0.5, 0.6) is 0 Å². The molecule has 1 aliphatic rings. The number of rotatable bonds is 7. The molecule has 1 aromatic rings. The van der Waals surface area contributed by atoms with Gasteiger partial charge in [0.15, 0.2) is 17.3 Å². The fraction of sp³-hybridized carbons (Fsp3) is 0.556. The first-order valence-electron chi connectivity index (χ1n) is 7.35. The zero-order valence-corrected chi connectivity index (χ0v) is 17.8. The van der Waals surface area contributed by atoms with Crippen LogP contribution in [-0.2, 0) is 31.6 Å². The van der Waals surface area contributed by atoms with Gasteiger partial charge < -0.3 is 29.4 Å². The van der Waals surface area contributed by atoms with Crippen LogP contribution in [0.3, 0.4) is 0 Å². The van der Waals surface area contributed by atoms with Crippen molar-refractivity contribution in [2.45, 2.75) is 24.8 Å². The van der Waals surface area contributed by atoms with Crippen molar-refractivity contribution >= 4 is 35.7 Å². The van der Waals surface area contributed by atoms with Crippen LogP contribution in [0.15, 0.2) is 17.1 Å². The van der Waals surface area contributed by atoms with Crippen LogP contribution in [0.1, 0.15) is 6.23 Å². The molecular formula is C9H12F3N2O13P3S. The summed E-state index contributed by atoms with van der Waals surface area (Å²) in [4.78, 5) is 48.6. The molecule has 1 aliphatic heterocycles. The Bertz CT molecular complexity index is 1080. The van der Waals surface area contributed by atoms with Gasteiger partial charge in [-0.05, 0) is 12.2 Å². The number of alkyl halides is 3. The van der Waals surface area contributed by atoms with Gasteiger partial charge in [-0.25, -0.2) is 13.7 Å². The molecule has 1 aromatic heterocycles. The summed E-state index contributed by atoms with van der Waals surface area (Å²) in [5, 5.41) is 9.95. The molecule has 6 N–H and O–H groups in total. The van der Waals surface area contributed by atoms with E-state index in [0.29, 0.717) is 4.57 Å². The SMILES string of the molecule is O=c1ccn([C@@H]2O[C@H](OP(=O)(O)OP(=O)(O)OP(=O)(O)O)[C@H](O)C2C(F)(F)F)c(=S)[nH]1. The van der Waals surface area contributed by atoms with E-state index >= 15 is 0 Å². The summed E-state index contributed by atoms with van der Waals surface area (Å²) in [6.07, 6.45) is -12.1. The van der Waals surface area contributed by atoms with Crippen LogP contribution in [0.25, 0.3) is 0 Å². The fourth-order valence-electron chi connectivity index (χ4n) is 2.38. The van der Waals surface area contributed by atoms with Gasteiger partial charge in [0.1, 0.15) is 12.0 Å². The smallest absolute Gasteiger partial charge is 0.387 e. The lowest BCUT2D eigenvalue weighted by Crippen LogP contribution is -2.38. The topological polar surface area (TPSA) is 227 Å². The molecule has 178 valence electrons. The van der Waals surface area contributed by atoms with Gasteiger partial charge in [0.05, 0.1) is 0 Å². The number of hydrogen-bond acceptors (Lipinski definition) is 10. The third-order valence-corrected chi connectivity index (χ3v) is 7.50. The van der Waals surface area contributed by atoms with Crippen molar-refractivity contribution in [3.05, 3.63) is 27.4 Å². The Morgan fingerprint density at radius 3 is 2.19 bits per heavy atom. The Balaban J connectivity index is 2.32. The van der Waals surface area contributed by atoms with Crippen LogP contribution in [0, 0.1) is 10.7 Å². The maximum Gasteiger partial charge on any atom is 0.490 e. The third kappa shape index (κ3) is 7.10. The second-order valence-electron chi connectivity index (χ2n) is 5.67. The quantitative estimate of drug-likeness (QED) is 0.207. The normalized spacial score (nSPS) is 28.8. The summed E-state index contributed by atoms with van der Waals surface area (Å²) in [7, 11) is -17.6. The average molecular weight is 538 g/mol. The second kappa shape index (κ2) is 8.87. The highest BCUT2D eigenvalue weighted by molar-refractivity contribution is 7.71. The number of nitrogens with one attached hydrogen (secondary N) is 1. The highest BCUT2D eigenvalue weighted by Gasteiger charge is 2.60. The highest BCUT2D eigenvalue weighted by Crippen LogP contribution is 2.67. The van der Waals surface area contributed by atoms with E-state index in [9.17, 15) is 41.7 Å². The fourth-order valence-corrected chi connectivity index (χ4v) is 5.74. The number of aliphatic hydroxyl groups is 1. The van der Waals surface area contributed by atoms with E-state index < -0.39 is 64.5 Å². The van der Waals surface area contributed by atoms with Crippen LogP contribution >= 0.6 is 35.7 Å². The van der Waals surface area contributed by atoms with Gasteiger partial charge in [0.2, 0.25) is 0 Å². The van der Waals surface area contributed by atoms with Crippen molar-refractivity contribution < 1.29 is 69.4 Å². The van der Waals surface area contributed by atoms with Crippen LogP contribution in [-0.4, -0.2) is 52.8 Å². The molecule has 0 amide bonds. The number of aromatic amines is 1. The number of phosphoric ester groups is 1. The largest absolute Gasteiger partial charge is 0.490 e. The van der Waals surface area contributed by atoms with E-state index in [4.69, 9.17) is 31.6 Å². The molecule has 0 aromatic carbocycles. The van der Waals surface area contributed by atoms with Crippen molar-refractivity contribution in [1.29, 1.82) is 0 Å². The molecule has 31 heavy (non-hydrogen) atoms. The van der Waals surface area contributed by atoms with Crippen molar-refractivity contribution in [2.24, 2.45) is 5.92 Å². The monoisotopic (exact) mass is 538 g/mol. The highest BCUT2D eigenvalue weighted by atomic mass is 32.1. The van der Waals surface area contributed by atoms with Crippen molar-refractivity contribution in [2.75, 3.05) is 0 Å². The Hall–Kier alpha value is -0.780. The lowest BCUT2D eigenvalue weighted by Gasteiger charge is -2.24. The molecule has 1 fully saturated rings. The van der Waals surface area contributed by atoms with Crippen LogP contribution < -0.4 is 5.56 Å². The van der Waals surface area contributed by atoms with E-state index in [2.05, 4.69) is 13.1 Å². The molecule has 0 bridgehead atoms. The van der Waals surface area contributed by atoms with E-state index in [-0.39, 0.29) is 0 Å². The zero-order chi connectivity index (χ0) is 24.0. The Kier molecular flexibility index (Phi) is 7.57. The Morgan fingerprint density at radius 2 is 1.71 bits per heavy atom. The van der Waals surface area contributed by atoms with Gasteiger partial charge in [-0.15, -0.1) is 0 Å². The molecule has 22 heteroatoms. The number of hydrogen-bond donors (Lipinski definition) is 6. The van der Waals surface area contributed by atoms with E-state index in [0.717, 1.165) is 12.3 Å². The molecular weight excluding hydrogens is 526 g/mol. The molecule has 15 nitrogen and oxygen atoms in total. The molecule has 2 rings (SSSR count). The molecule has 1 saturated heterocycles. The van der Waals surface area contributed by atoms with Gasteiger partial charge in [-0.1, -0.05) is 0 Å². The summed E-state index contributed by atoms with van der Waals surface area (Å²) in [6.45, 7) is 0. The predicted octanol–water partition coefficient (Wildman–Crippen LogP) is 0.643. The molecule has 0 aliphatic carbocycles. The standard InChI is InChI=1S/C9H12F3N2O13P3S/c10-9(11,12)4-5(16)7(24-6(4)14-2-1-3(15)13-8(14)31)25-29(20,21)27-30(22,23)26-28(17,18)19/h1-2,4-7,16H,(H,20,21)(H,22,23)(H,13,15,31)(H2,17,18,19)/t4?,5-,6-,7-/m1/s1. The number of H-pyrrole nitrogens is 1. The maximum absolute atomic E-state index is 13.5. The van der Waals surface area contributed by atoms with Gasteiger partial charge >= 0.3 is 29.6 Å². The summed E-state index contributed by atoms with van der Waals surface area (Å²) in [5.74, 6) is -2.85. The van der Waals surface area contributed by atoms with E-state index in [1.165, 1.54) is 0 Å². The first-order valence-corrected chi connectivity index (χ1v) is 12.3. The maximum atomic E-state index is 13.5. The number of aliphatic hydroxyl groups excluding tert-OH is 1.